The maximum atomic E-state index is 11.1. The summed E-state index contributed by atoms with van der Waals surface area (Å²) in [5, 5.41) is 11.4. The van der Waals surface area contributed by atoms with Gasteiger partial charge < -0.3 is 5.11 Å². The molecular weight excluding hydrogens is 162 g/mol. The lowest BCUT2D eigenvalue weighted by molar-refractivity contribution is 0.0775. The van der Waals surface area contributed by atoms with Crippen LogP contribution in [0.3, 0.4) is 0 Å². The number of aryl methyl sites for hydroxylation is 1. The van der Waals surface area contributed by atoms with E-state index in [2.05, 4.69) is 4.98 Å². The molecule has 0 bridgehead atoms. The third kappa shape index (κ3) is 1.85. The number of aliphatic hydroxyl groups is 1. The molecule has 1 aromatic rings. The number of thiazole rings is 1. The Hall–Kier alpha value is -0.740. The zero-order chi connectivity index (χ0) is 8.43. The van der Waals surface area contributed by atoms with Crippen LogP contribution in [0.1, 0.15) is 22.4 Å². The highest BCUT2D eigenvalue weighted by molar-refractivity contribution is 7.09. The Morgan fingerprint density at radius 3 is 2.82 bits per heavy atom. The molecule has 0 amide bonds. The Balaban J connectivity index is 2.85. The van der Waals surface area contributed by atoms with Gasteiger partial charge in [0.05, 0.1) is 5.01 Å². The molecule has 1 rings (SSSR count). The van der Waals surface area contributed by atoms with E-state index in [0.717, 1.165) is 5.01 Å². The van der Waals surface area contributed by atoms with Gasteiger partial charge in [-0.25, -0.2) is 4.98 Å². The number of hydrogen-bond acceptors (Lipinski definition) is 4. The quantitative estimate of drug-likeness (QED) is 0.676. The molecule has 3 nitrogen and oxygen atoms in total. The van der Waals surface area contributed by atoms with Crippen LogP contribution in [0, 0.1) is 6.92 Å². The molecule has 1 heterocycles. The van der Waals surface area contributed by atoms with Crippen LogP contribution in [-0.2, 0) is 0 Å². The van der Waals surface area contributed by atoms with Gasteiger partial charge in [0.2, 0.25) is 5.78 Å². The molecule has 1 aromatic heterocycles. The van der Waals surface area contributed by atoms with Gasteiger partial charge in [0.15, 0.2) is 0 Å². The highest BCUT2D eigenvalue weighted by Gasteiger charge is 2.14. The SMILES string of the molecule is Cc1nc(C(=O)C(C)O)cs1. The van der Waals surface area contributed by atoms with Crippen molar-refractivity contribution in [3.05, 3.63) is 16.1 Å². The van der Waals surface area contributed by atoms with Crippen molar-refractivity contribution < 1.29 is 9.90 Å². The predicted molar refractivity (Wildman–Crippen MR) is 42.9 cm³/mol. The monoisotopic (exact) mass is 171 g/mol. The topological polar surface area (TPSA) is 50.2 Å². The van der Waals surface area contributed by atoms with Gasteiger partial charge in [-0.2, -0.15) is 0 Å². The number of carbonyl (C=O) groups excluding carboxylic acids is 1. The third-order valence-corrected chi connectivity index (χ3v) is 2.02. The summed E-state index contributed by atoms with van der Waals surface area (Å²) in [6.45, 7) is 3.26. The van der Waals surface area contributed by atoms with Crippen molar-refractivity contribution in [1.82, 2.24) is 4.98 Å². The molecule has 1 unspecified atom stereocenters. The molecule has 1 N–H and O–H groups in total. The molecule has 1 atom stereocenters. The summed E-state index contributed by atoms with van der Waals surface area (Å²) in [5.74, 6) is -0.311. The van der Waals surface area contributed by atoms with Crippen molar-refractivity contribution in [2.45, 2.75) is 20.0 Å². The van der Waals surface area contributed by atoms with E-state index in [1.54, 1.807) is 5.38 Å². The van der Waals surface area contributed by atoms with Gasteiger partial charge in [-0.3, -0.25) is 4.79 Å². The first-order valence-electron chi connectivity index (χ1n) is 3.25. The maximum Gasteiger partial charge on any atom is 0.210 e. The summed E-state index contributed by atoms with van der Waals surface area (Å²) >= 11 is 1.41. The lowest BCUT2D eigenvalue weighted by atomic mass is 10.2. The molecule has 0 spiro atoms. The zero-order valence-electron chi connectivity index (χ0n) is 6.37. The second-order valence-electron chi connectivity index (χ2n) is 2.29. The van der Waals surface area contributed by atoms with Crippen LogP contribution in [0.4, 0.5) is 0 Å². The number of rotatable bonds is 2. The van der Waals surface area contributed by atoms with Crippen LogP contribution in [0.25, 0.3) is 0 Å². The maximum absolute atomic E-state index is 11.1. The molecule has 60 valence electrons. The summed E-state index contributed by atoms with van der Waals surface area (Å²) < 4.78 is 0. The summed E-state index contributed by atoms with van der Waals surface area (Å²) in [6, 6.07) is 0. The Bertz CT molecular complexity index is 267. The fraction of sp³-hybridized carbons (Fsp3) is 0.429. The molecule has 4 heteroatoms. The van der Waals surface area contributed by atoms with Gasteiger partial charge in [0, 0.05) is 5.38 Å². The molecule has 0 radical (unpaired) electrons. The minimum atomic E-state index is -0.948. The van der Waals surface area contributed by atoms with Crippen LogP contribution < -0.4 is 0 Å². The van der Waals surface area contributed by atoms with Crippen molar-refractivity contribution in [2.75, 3.05) is 0 Å². The van der Waals surface area contributed by atoms with Gasteiger partial charge in [0.25, 0.3) is 0 Å². The van der Waals surface area contributed by atoms with Gasteiger partial charge >= 0.3 is 0 Å². The molecule has 0 aliphatic carbocycles. The van der Waals surface area contributed by atoms with Gasteiger partial charge in [-0.15, -0.1) is 11.3 Å². The zero-order valence-corrected chi connectivity index (χ0v) is 7.18. The van der Waals surface area contributed by atoms with Crippen LogP contribution in [0.15, 0.2) is 5.38 Å². The highest BCUT2D eigenvalue weighted by Crippen LogP contribution is 2.09. The van der Waals surface area contributed by atoms with Crippen LogP contribution in [-0.4, -0.2) is 22.0 Å². The van der Waals surface area contributed by atoms with E-state index in [1.165, 1.54) is 18.3 Å². The average Bonchev–Trinajstić information content (AvgIpc) is 2.34. The smallest absolute Gasteiger partial charge is 0.210 e. The van der Waals surface area contributed by atoms with E-state index >= 15 is 0 Å². The van der Waals surface area contributed by atoms with Crippen molar-refractivity contribution >= 4 is 17.1 Å². The Morgan fingerprint density at radius 2 is 2.45 bits per heavy atom. The lowest BCUT2D eigenvalue weighted by Gasteiger charge is -1.97. The molecule has 0 aliphatic rings. The third-order valence-electron chi connectivity index (χ3n) is 1.25. The molecule has 0 saturated heterocycles. The predicted octanol–water partition coefficient (Wildman–Crippen LogP) is 1.02. The number of nitrogens with zero attached hydrogens (tertiary/aromatic N) is 1. The van der Waals surface area contributed by atoms with Crippen molar-refractivity contribution in [2.24, 2.45) is 0 Å². The first-order chi connectivity index (χ1) is 5.11. The lowest BCUT2D eigenvalue weighted by Crippen LogP contribution is -2.16. The Labute approximate surface area is 68.7 Å². The van der Waals surface area contributed by atoms with Gasteiger partial charge in [0.1, 0.15) is 11.8 Å². The normalized spacial score (nSPS) is 13.0. The van der Waals surface area contributed by atoms with E-state index in [9.17, 15) is 4.79 Å². The fourth-order valence-electron chi connectivity index (χ4n) is 0.691. The Morgan fingerprint density at radius 1 is 1.82 bits per heavy atom. The van der Waals surface area contributed by atoms with E-state index in [0.29, 0.717) is 5.69 Å². The van der Waals surface area contributed by atoms with E-state index in [4.69, 9.17) is 5.11 Å². The minimum absolute atomic E-state index is 0.311. The summed E-state index contributed by atoms with van der Waals surface area (Å²) in [4.78, 5) is 15.0. The summed E-state index contributed by atoms with van der Waals surface area (Å²) in [5.41, 5.74) is 0.363. The standard InChI is InChI=1S/C7H9NO2S/c1-4(9)7(10)6-3-11-5(2)8-6/h3-4,9H,1-2H3. The van der Waals surface area contributed by atoms with Crippen molar-refractivity contribution in [3.8, 4) is 0 Å². The molecule has 0 aliphatic heterocycles. The van der Waals surface area contributed by atoms with Crippen LogP contribution in [0.5, 0.6) is 0 Å². The number of aliphatic hydroxyl groups excluding tert-OH is 1. The second-order valence-corrected chi connectivity index (χ2v) is 3.35. The molecule has 0 aromatic carbocycles. The summed E-state index contributed by atoms with van der Waals surface area (Å²) in [7, 11) is 0. The number of carbonyl (C=O) groups is 1. The first kappa shape index (κ1) is 8.36. The summed E-state index contributed by atoms with van der Waals surface area (Å²) in [6.07, 6.45) is -0.948. The Kier molecular flexibility index (Phi) is 2.36. The van der Waals surface area contributed by atoms with E-state index in [1.807, 2.05) is 6.92 Å². The number of aromatic nitrogens is 1. The van der Waals surface area contributed by atoms with E-state index in [-0.39, 0.29) is 5.78 Å². The first-order valence-corrected chi connectivity index (χ1v) is 4.13. The van der Waals surface area contributed by atoms with E-state index < -0.39 is 6.10 Å². The molecule has 11 heavy (non-hydrogen) atoms. The van der Waals surface area contributed by atoms with Crippen molar-refractivity contribution in [3.63, 3.8) is 0 Å². The largest absolute Gasteiger partial charge is 0.385 e. The second kappa shape index (κ2) is 3.11. The minimum Gasteiger partial charge on any atom is -0.385 e. The molecule has 0 fully saturated rings. The van der Waals surface area contributed by atoms with Crippen LogP contribution >= 0.6 is 11.3 Å². The number of Topliss-reactive ketones (excluding diaryl/α,β-unsaturated/α-hetero) is 1. The average molecular weight is 171 g/mol. The van der Waals surface area contributed by atoms with Gasteiger partial charge in [-0.1, -0.05) is 0 Å². The van der Waals surface area contributed by atoms with Gasteiger partial charge in [-0.05, 0) is 13.8 Å². The number of hydrogen-bond donors (Lipinski definition) is 1. The van der Waals surface area contributed by atoms with Crippen molar-refractivity contribution in [1.29, 1.82) is 0 Å². The highest BCUT2D eigenvalue weighted by atomic mass is 32.1. The number of ketones is 1. The molecular formula is C7H9NO2S. The molecule has 0 saturated carbocycles. The fourth-order valence-corrected chi connectivity index (χ4v) is 1.29. The van der Waals surface area contributed by atoms with Crippen LogP contribution in [0.2, 0.25) is 0 Å².